The van der Waals surface area contributed by atoms with Crippen LogP contribution in [0.15, 0.2) is 30.3 Å². The summed E-state index contributed by atoms with van der Waals surface area (Å²) in [4.78, 5) is 0. The van der Waals surface area contributed by atoms with Crippen molar-refractivity contribution >= 4 is 28.7 Å². The Morgan fingerprint density at radius 3 is 2.67 bits per heavy atom. The molecular formula is C15H15ClF2N2O. The maximum absolute atomic E-state index is 13.7. The third-order valence-corrected chi connectivity index (χ3v) is 3.09. The molecule has 2 aromatic rings. The van der Waals surface area contributed by atoms with Crippen LogP contribution in [-0.4, -0.2) is 6.61 Å². The van der Waals surface area contributed by atoms with Crippen LogP contribution in [0.3, 0.4) is 0 Å². The molecule has 3 nitrogen and oxygen atoms in total. The van der Waals surface area contributed by atoms with Gasteiger partial charge in [-0.1, -0.05) is 18.5 Å². The number of nitrogens with two attached hydrogens (primary N) is 1. The fourth-order valence-electron chi connectivity index (χ4n) is 1.74. The molecule has 2 aromatic carbocycles. The third kappa shape index (κ3) is 3.76. The van der Waals surface area contributed by atoms with E-state index in [0.717, 1.165) is 12.5 Å². The average molecular weight is 313 g/mol. The molecule has 0 amide bonds. The van der Waals surface area contributed by atoms with Crippen molar-refractivity contribution < 1.29 is 13.5 Å². The lowest BCUT2D eigenvalue weighted by atomic mass is 10.2. The van der Waals surface area contributed by atoms with Crippen molar-refractivity contribution in [3.63, 3.8) is 0 Å². The first-order chi connectivity index (χ1) is 10.0. The molecular weight excluding hydrogens is 298 g/mol. The van der Waals surface area contributed by atoms with E-state index in [1.807, 2.05) is 6.92 Å². The molecule has 112 valence electrons. The lowest BCUT2D eigenvalue weighted by Crippen LogP contribution is -2.02. The van der Waals surface area contributed by atoms with E-state index >= 15 is 0 Å². The van der Waals surface area contributed by atoms with Crippen LogP contribution in [0.5, 0.6) is 5.75 Å². The number of ether oxygens (including phenoxy) is 1. The molecule has 0 aliphatic heterocycles. The molecule has 2 rings (SSSR count). The summed E-state index contributed by atoms with van der Waals surface area (Å²) in [6, 6.07) is 6.49. The number of nitrogens with one attached hydrogen (secondary N) is 1. The molecule has 0 bridgehead atoms. The van der Waals surface area contributed by atoms with E-state index in [4.69, 9.17) is 22.1 Å². The van der Waals surface area contributed by atoms with Crippen molar-refractivity contribution in [3.05, 3.63) is 47.0 Å². The van der Waals surface area contributed by atoms with Crippen LogP contribution in [0.2, 0.25) is 5.02 Å². The van der Waals surface area contributed by atoms with E-state index in [-0.39, 0.29) is 11.4 Å². The summed E-state index contributed by atoms with van der Waals surface area (Å²) in [6.07, 6.45) is 0.752. The van der Waals surface area contributed by atoms with Crippen LogP contribution in [-0.2, 0) is 0 Å². The van der Waals surface area contributed by atoms with Gasteiger partial charge in [0.15, 0.2) is 11.6 Å². The molecule has 0 aliphatic rings. The molecule has 3 N–H and O–H groups in total. The smallest absolute Gasteiger partial charge is 0.167 e. The third-order valence-electron chi connectivity index (χ3n) is 2.76. The molecule has 0 fully saturated rings. The van der Waals surface area contributed by atoms with Gasteiger partial charge in [0.2, 0.25) is 0 Å². The Morgan fingerprint density at radius 1 is 1.19 bits per heavy atom. The summed E-state index contributed by atoms with van der Waals surface area (Å²) in [5.74, 6) is -0.900. The number of halogens is 3. The average Bonchev–Trinajstić information content (AvgIpc) is 2.44. The molecule has 0 radical (unpaired) electrons. The standard InChI is InChI=1S/C15H15ClF2N2O/c1-2-5-21-15-8-14(12(19)7-11(15)18)20-13-6-9(17)3-4-10(13)16/h3-4,6-8,20H,2,5,19H2,1H3. The first-order valence-electron chi connectivity index (χ1n) is 6.45. The van der Waals surface area contributed by atoms with E-state index < -0.39 is 11.6 Å². The van der Waals surface area contributed by atoms with E-state index in [1.165, 1.54) is 24.3 Å². The van der Waals surface area contributed by atoms with E-state index in [2.05, 4.69) is 5.32 Å². The van der Waals surface area contributed by atoms with Gasteiger partial charge in [-0.2, -0.15) is 0 Å². The quantitative estimate of drug-likeness (QED) is 0.784. The highest BCUT2D eigenvalue weighted by atomic mass is 35.5. The minimum absolute atomic E-state index is 0.0843. The molecule has 0 aliphatic carbocycles. The van der Waals surface area contributed by atoms with Gasteiger partial charge in [0.05, 0.1) is 28.7 Å². The topological polar surface area (TPSA) is 47.3 Å². The Bertz CT molecular complexity index is 650. The molecule has 0 spiro atoms. The fourth-order valence-corrected chi connectivity index (χ4v) is 1.90. The van der Waals surface area contributed by atoms with Crippen molar-refractivity contribution in [3.8, 4) is 5.75 Å². The van der Waals surface area contributed by atoms with Gasteiger partial charge in [-0.3, -0.25) is 0 Å². The van der Waals surface area contributed by atoms with Crippen molar-refractivity contribution in [2.75, 3.05) is 17.7 Å². The van der Waals surface area contributed by atoms with Gasteiger partial charge in [-0.05, 0) is 24.6 Å². The first kappa shape index (κ1) is 15.4. The number of nitrogen functional groups attached to an aromatic ring is 1. The predicted molar refractivity (Wildman–Crippen MR) is 81.3 cm³/mol. The molecule has 0 saturated carbocycles. The van der Waals surface area contributed by atoms with Crippen LogP contribution in [0.1, 0.15) is 13.3 Å². The number of benzene rings is 2. The van der Waals surface area contributed by atoms with Crippen molar-refractivity contribution in [2.45, 2.75) is 13.3 Å². The zero-order valence-corrected chi connectivity index (χ0v) is 12.2. The maximum Gasteiger partial charge on any atom is 0.167 e. The van der Waals surface area contributed by atoms with Crippen LogP contribution < -0.4 is 15.8 Å². The zero-order chi connectivity index (χ0) is 15.4. The van der Waals surface area contributed by atoms with Gasteiger partial charge in [0, 0.05) is 12.1 Å². The van der Waals surface area contributed by atoms with E-state index in [0.29, 0.717) is 23.0 Å². The lowest BCUT2D eigenvalue weighted by molar-refractivity contribution is 0.301. The molecule has 6 heteroatoms. The van der Waals surface area contributed by atoms with Crippen LogP contribution in [0, 0.1) is 11.6 Å². The Kier molecular flexibility index (Phi) is 4.85. The van der Waals surface area contributed by atoms with Gasteiger partial charge in [0.1, 0.15) is 5.82 Å². The Morgan fingerprint density at radius 2 is 1.95 bits per heavy atom. The Balaban J connectivity index is 2.32. The van der Waals surface area contributed by atoms with Gasteiger partial charge < -0.3 is 15.8 Å². The van der Waals surface area contributed by atoms with Gasteiger partial charge >= 0.3 is 0 Å². The Labute approximate surface area is 126 Å². The minimum atomic E-state index is -0.545. The second kappa shape index (κ2) is 6.63. The van der Waals surface area contributed by atoms with Crippen molar-refractivity contribution in [1.82, 2.24) is 0 Å². The SMILES string of the molecule is CCCOc1cc(Nc2cc(F)ccc2Cl)c(N)cc1F. The van der Waals surface area contributed by atoms with Crippen LogP contribution >= 0.6 is 11.6 Å². The van der Waals surface area contributed by atoms with Gasteiger partial charge in [0.25, 0.3) is 0 Å². The molecule has 21 heavy (non-hydrogen) atoms. The summed E-state index contributed by atoms with van der Waals surface area (Å²) in [5, 5.41) is 3.21. The normalized spacial score (nSPS) is 10.5. The second-order valence-electron chi connectivity index (χ2n) is 4.47. The molecule has 0 heterocycles. The maximum atomic E-state index is 13.7. The summed E-state index contributed by atoms with van der Waals surface area (Å²) in [7, 11) is 0. The molecule has 0 atom stereocenters. The largest absolute Gasteiger partial charge is 0.490 e. The van der Waals surface area contributed by atoms with Gasteiger partial charge in [-0.25, -0.2) is 8.78 Å². The number of rotatable bonds is 5. The highest BCUT2D eigenvalue weighted by molar-refractivity contribution is 6.33. The van der Waals surface area contributed by atoms with Crippen LogP contribution in [0.25, 0.3) is 0 Å². The summed E-state index contributed by atoms with van der Waals surface area (Å²) in [6.45, 7) is 2.31. The minimum Gasteiger partial charge on any atom is -0.490 e. The van der Waals surface area contributed by atoms with Crippen LogP contribution in [0.4, 0.5) is 25.8 Å². The van der Waals surface area contributed by atoms with E-state index in [9.17, 15) is 8.78 Å². The highest BCUT2D eigenvalue weighted by Crippen LogP contribution is 2.33. The first-order valence-corrected chi connectivity index (χ1v) is 6.83. The second-order valence-corrected chi connectivity index (χ2v) is 4.87. The van der Waals surface area contributed by atoms with Crippen molar-refractivity contribution in [2.24, 2.45) is 0 Å². The summed E-state index contributed by atoms with van der Waals surface area (Å²) >= 11 is 5.98. The van der Waals surface area contributed by atoms with E-state index in [1.54, 1.807) is 0 Å². The number of hydrogen-bond donors (Lipinski definition) is 2. The highest BCUT2D eigenvalue weighted by Gasteiger charge is 2.11. The number of anilines is 3. The van der Waals surface area contributed by atoms with Gasteiger partial charge in [-0.15, -0.1) is 0 Å². The summed E-state index contributed by atoms with van der Waals surface area (Å²) < 4.78 is 32.3. The lowest BCUT2D eigenvalue weighted by Gasteiger charge is -2.14. The summed E-state index contributed by atoms with van der Waals surface area (Å²) in [5.41, 5.74) is 6.68. The molecule has 0 aromatic heterocycles. The van der Waals surface area contributed by atoms with Crippen molar-refractivity contribution in [1.29, 1.82) is 0 Å². The zero-order valence-electron chi connectivity index (χ0n) is 11.4. The number of hydrogen-bond acceptors (Lipinski definition) is 3. The predicted octanol–water partition coefficient (Wildman–Crippen LogP) is 4.73. The molecule has 0 saturated heterocycles. The molecule has 0 unspecified atom stereocenters. The monoisotopic (exact) mass is 312 g/mol. The fraction of sp³-hybridized carbons (Fsp3) is 0.200. The Hall–Kier alpha value is -2.01.